The third kappa shape index (κ3) is 4.22. The summed E-state index contributed by atoms with van der Waals surface area (Å²) in [5, 5.41) is 3.02. The molecule has 20 heavy (non-hydrogen) atoms. The number of aryl methyl sites for hydroxylation is 1. The van der Waals surface area contributed by atoms with Crippen molar-refractivity contribution in [3.8, 4) is 0 Å². The Morgan fingerprint density at radius 3 is 2.45 bits per heavy atom. The van der Waals surface area contributed by atoms with Crippen molar-refractivity contribution in [3.05, 3.63) is 35.4 Å². The number of nitrogens with two attached hydrogens (primary N) is 1. The molecular formula is C16H25ClN2O. The number of nitrogens with one attached hydrogen (secondary N) is 1. The van der Waals surface area contributed by atoms with E-state index in [1.165, 1.54) is 31.2 Å². The van der Waals surface area contributed by atoms with Gasteiger partial charge in [0.15, 0.2) is 0 Å². The van der Waals surface area contributed by atoms with Crippen LogP contribution in [0.1, 0.15) is 49.8 Å². The first kappa shape index (κ1) is 17.0. The lowest BCUT2D eigenvalue weighted by Crippen LogP contribution is -2.37. The zero-order valence-corrected chi connectivity index (χ0v) is 13.1. The molecule has 0 bridgehead atoms. The van der Waals surface area contributed by atoms with Crippen LogP contribution in [0.4, 0.5) is 0 Å². The first-order valence-corrected chi connectivity index (χ1v) is 7.16. The van der Waals surface area contributed by atoms with Crippen LogP contribution in [0, 0.1) is 12.3 Å². The van der Waals surface area contributed by atoms with Crippen molar-refractivity contribution in [2.45, 2.75) is 45.6 Å². The van der Waals surface area contributed by atoms with Crippen LogP contribution in [-0.2, 0) is 4.79 Å². The Balaban J connectivity index is 0.00000200. The van der Waals surface area contributed by atoms with Gasteiger partial charge in [0.2, 0.25) is 5.91 Å². The van der Waals surface area contributed by atoms with E-state index in [2.05, 4.69) is 12.2 Å². The van der Waals surface area contributed by atoms with Crippen molar-refractivity contribution in [1.29, 1.82) is 0 Å². The SMILES string of the molecule is CCCC1(CNC(=O)C(N)c2ccc(C)cc2)CC1.Cl. The number of carbonyl (C=O) groups is 1. The van der Waals surface area contributed by atoms with Gasteiger partial charge in [-0.15, -0.1) is 12.4 Å². The molecule has 3 nitrogen and oxygen atoms in total. The summed E-state index contributed by atoms with van der Waals surface area (Å²) in [6.45, 7) is 5.00. The zero-order chi connectivity index (χ0) is 13.9. The number of rotatable bonds is 6. The zero-order valence-electron chi connectivity index (χ0n) is 12.3. The molecule has 1 aliphatic carbocycles. The van der Waals surface area contributed by atoms with Crippen LogP contribution in [0.15, 0.2) is 24.3 Å². The Kier molecular flexibility index (Phi) is 6.03. The number of amides is 1. The maximum atomic E-state index is 12.1. The van der Waals surface area contributed by atoms with Gasteiger partial charge in [-0.2, -0.15) is 0 Å². The average Bonchev–Trinajstić information content (AvgIpc) is 3.17. The van der Waals surface area contributed by atoms with Crippen molar-refractivity contribution < 1.29 is 4.79 Å². The second-order valence-electron chi connectivity index (χ2n) is 5.86. The van der Waals surface area contributed by atoms with Crippen molar-refractivity contribution in [2.24, 2.45) is 11.1 Å². The van der Waals surface area contributed by atoms with Crippen LogP contribution in [0.25, 0.3) is 0 Å². The highest BCUT2D eigenvalue weighted by Crippen LogP contribution is 2.48. The van der Waals surface area contributed by atoms with Crippen molar-refractivity contribution in [2.75, 3.05) is 6.54 Å². The molecule has 1 amide bonds. The lowest BCUT2D eigenvalue weighted by molar-refractivity contribution is -0.122. The molecule has 0 aromatic heterocycles. The van der Waals surface area contributed by atoms with Gasteiger partial charge in [-0.1, -0.05) is 43.2 Å². The smallest absolute Gasteiger partial charge is 0.241 e. The van der Waals surface area contributed by atoms with Crippen molar-refractivity contribution >= 4 is 18.3 Å². The van der Waals surface area contributed by atoms with E-state index in [9.17, 15) is 4.79 Å². The molecule has 1 fully saturated rings. The number of hydrogen-bond donors (Lipinski definition) is 2. The van der Waals surface area contributed by atoms with E-state index >= 15 is 0 Å². The second-order valence-corrected chi connectivity index (χ2v) is 5.86. The topological polar surface area (TPSA) is 55.1 Å². The highest BCUT2D eigenvalue weighted by Gasteiger charge is 2.41. The highest BCUT2D eigenvalue weighted by molar-refractivity contribution is 5.85. The van der Waals surface area contributed by atoms with E-state index in [-0.39, 0.29) is 18.3 Å². The van der Waals surface area contributed by atoms with Gasteiger partial charge in [0.25, 0.3) is 0 Å². The van der Waals surface area contributed by atoms with E-state index < -0.39 is 6.04 Å². The molecule has 4 heteroatoms. The van der Waals surface area contributed by atoms with E-state index in [1.807, 2.05) is 31.2 Å². The lowest BCUT2D eigenvalue weighted by atomic mass is 10.00. The Labute approximate surface area is 127 Å². The van der Waals surface area contributed by atoms with Crippen molar-refractivity contribution in [1.82, 2.24) is 5.32 Å². The normalized spacial score (nSPS) is 16.9. The van der Waals surface area contributed by atoms with E-state index in [1.54, 1.807) is 0 Å². The monoisotopic (exact) mass is 296 g/mol. The second kappa shape index (κ2) is 7.09. The fourth-order valence-corrected chi connectivity index (χ4v) is 2.53. The van der Waals surface area contributed by atoms with Crippen LogP contribution in [0.3, 0.4) is 0 Å². The molecule has 112 valence electrons. The average molecular weight is 297 g/mol. The minimum absolute atomic E-state index is 0. The molecule has 1 aromatic rings. The van der Waals surface area contributed by atoms with E-state index in [0.29, 0.717) is 5.41 Å². The minimum Gasteiger partial charge on any atom is -0.354 e. The first-order chi connectivity index (χ1) is 9.06. The summed E-state index contributed by atoms with van der Waals surface area (Å²) < 4.78 is 0. The summed E-state index contributed by atoms with van der Waals surface area (Å²) in [4.78, 5) is 12.1. The Bertz CT molecular complexity index is 440. The molecule has 0 spiro atoms. The van der Waals surface area contributed by atoms with Gasteiger partial charge in [0, 0.05) is 6.54 Å². The van der Waals surface area contributed by atoms with Gasteiger partial charge in [-0.3, -0.25) is 4.79 Å². The molecule has 1 aromatic carbocycles. The molecule has 3 N–H and O–H groups in total. The molecule has 1 unspecified atom stereocenters. The number of carbonyl (C=O) groups excluding carboxylic acids is 1. The predicted octanol–water partition coefficient (Wildman–Crippen LogP) is 3.11. The van der Waals surface area contributed by atoms with Gasteiger partial charge in [0.05, 0.1) is 0 Å². The molecular weight excluding hydrogens is 272 g/mol. The number of benzene rings is 1. The molecule has 0 aliphatic heterocycles. The van der Waals surface area contributed by atoms with Crippen LogP contribution in [0.5, 0.6) is 0 Å². The third-order valence-electron chi connectivity index (χ3n) is 4.09. The standard InChI is InChI=1S/C16H24N2O.ClH/c1-3-8-16(9-10-16)11-18-15(19)14(17)13-6-4-12(2)5-7-13;/h4-7,14H,3,8-11,17H2,1-2H3,(H,18,19);1H. The Morgan fingerprint density at radius 2 is 1.95 bits per heavy atom. The van der Waals surface area contributed by atoms with E-state index in [0.717, 1.165) is 12.1 Å². The molecule has 1 aliphatic rings. The summed E-state index contributed by atoms with van der Waals surface area (Å²) >= 11 is 0. The predicted molar refractivity (Wildman–Crippen MR) is 84.9 cm³/mol. The maximum Gasteiger partial charge on any atom is 0.241 e. The molecule has 1 atom stereocenters. The summed E-state index contributed by atoms with van der Waals surface area (Å²) in [6, 6.07) is 7.28. The fourth-order valence-electron chi connectivity index (χ4n) is 2.53. The minimum atomic E-state index is -0.557. The molecule has 0 heterocycles. The quantitative estimate of drug-likeness (QED) is 0.847. The van der Waals surface area contributed by atoms with Gasteiger partial charge < -0.3 is 11.1 Å². The Morgan fingerprint density at radius 1 is 1.35 bits per heavy atom. The van der Waals surface area contributed by atoms with Crippen LogP contribution >= 0.6 is 12.4 Å². The third-order valence-corrected chi connectivity index (χ3v) is 4.09. The maximum absolute atomic E-state index is 12.1. The summed E-state index contributed by atoms with van der Waals surface area (Å²) in [6.07, 6.45) is 4.86. The van der Waals surface area contributed by atoms with Gasteiger partial charge >= 0.3 is 0 Å². The fraction of sp³-hybridized carbons (Fsp3) is 0.562. The largest absolute Gasteiger partial charge is 0.354 e. The lowest BCUT2D eigenvalue weighted by Gasteiger charge is -2.18. The van der Waals surface area contributed by atoms with E-state index in [4.69, 9.17) is 5.73 Å². The summed E-state index contributed by atoms with van der Waals surface area (Å²) in [7, 11) is 0. The molecule has 2 rings (SSSR count). The highest BCUT2D eigenvalue weighted by atomic mass is 35.5. The number of hydrogen-bond acceptors (Lipinski definition) is 2. The molecule has 0 radical (unpaired) electrons. The Hall–Kier alpha value is -1.06. The van der Waals surface area contributed by atoms with Crippen LogP contribution < -0.4 is 11.1 Å². The van der Waals surface area contributed by atoms with Crippen molar-refractivity contribution in [3.63, 3.8) is 0 Å². The number of halogens is 1. The summed E-state index contributed by atoms with van der Waals surface area (Å²) in [5.41, 5.74) is 8.43. The first-order valence-electron chi connectivity index (χ1n) is 7.16. The van der Waals surface area contributed by atoms with Gasteiger partial charge in [0.1, 0.15) is 6.04 Å². The van der Waals surface area contributed by atoms with Crippen LogP contribution in [0.2, 0.25) is 0 Å². The van der Waals surface area contributed by atoms with Gasteiger partial charge in [-0.05, 0) is 37.2 Å². The summed E-state index contributed by atoms with van der Waals surface area (Å²) in [5.74, 6) is -0.0637. The van der Waals surface area contributed by atoms with Gasteiger partial charge in [-0.25, -0.2) is 0 Å². The van der Waals surface area contributed by atoms with Crippen LogP contribution in [-0.4, -0.2) is 12.5 Å². The molecule has 1 saturated carbocycles. The molecule has 0 saturated heterocycles.